The maximum Gasteiger partial charge on any atom is 0.339 e. The number of carboxylic acids is 1. The summed E-state index contributed by atoms with van der Waals surface area (Å²) in [4.78, 5) is 23.7. The van der Waals surface area contributed by atoms with E-state index in [1.807, 2.05) is 34.6 Å². The zero-order valence-corrected chi connectivity index (χ0v) is 13.4. The number of hydrogen-bond donors (Lipinski definition) is 1. The first kappa shape index (κ1) is 17.2. The van der Waals surface area contributed by atoms with E-state index in [0.29, 0.717) is 0 Å². The molecule has 0 saturated heterocycles. The summed E-state index contributed by atoms with van der Waals surface area (Å²) in [5.74, 6) is -1.68. The van der Waals surface area contributed by atoms with Gasteiger partial charge in [-0.05, 0) is 56.9 Å². The van der Waals surface area contributed by atoms with Gasteiger partial charge in [0, 0.05) is 0 Å². The summed E-state index contributed by atoms with van der Waals surface area (Å²) < 4.78 is 5.49. The molecule has 116 valence electrons. The van der Waals surface area contributed by atoms with Crippen molar-refractivity contribution in [2.75, 3.05) is 0 Å². The maximum atomic E-state index is 12.4. The van der Waals surface area contributed by atoms with Crippen LogP contribution in [0.25, 0.3) is 0 Å². The van der Waals surface area contributed by atoms with E-state index < -0.39 is 17.5 Å². The second kappa shape index (κ2) is 6.74. The molecule has 0 aliphatic heterocycles. The Morgan fingerprint density at radius 2 is 1.81 bits per heavy atom. The predicted octanol–water partition coefficient (Wildman–Crippen LogP) is 3.99. The van der Waals surface area contributed by atoms with E-state index in [2.05, 4.69) is 0 Å². The van der Waals surface area contributed by atoms with E-state index in [1.54, 1.807) is 12.1 Å². The normalized spacial score (nSPS) is 11.3. The van der Waals surface area contributed by atoms with Crippen molar-refractivity contribution in [2.24, 2.45) is 0 Å². The molecule has 0 heterocycles. The molecule has 4 nitrogen and oxygen atoms in total. The molecule has 0 radical (unpaired) electrons. The van der Waals surface area contributed by atoms with E-state index in [9.17, 15) is 14.7 Å². The number of carboxylic acid groups (broad SMARTS) is 1. The van der Waals surface area contributed by atoms with E-state index in [4.69, 9.17) is 4.74 Å². The number of aryl methyl sites for hydroxylation is 2. The van der Waals surface area contributed by atoms with Crippen LogP contribution < -0.4 is 0 Å². The quantitative estimate of drug-likeness (QED) is 0.805. The third-order valence-corrected chi connectivity index (χ3v) is 3.53. The molecule has 0 fully saturated rings. The Hall–Kier alpha value is -1.84. The van der Waals surface area contributed by atoms with Gasteiger partial charge < -0.3 is 9.84 Å². The highest BCUT2D eigenvalue weighted by Crippen LogP contribution is 2.23. The molecule has 0 aliphatic rings. The summed E-state index contributed by atoms with van der Waals surface area (Å²) in [6.07, 6.45) is 2.36. The molecule has 1 rings (SSSR count). The van der Waals surface area contributed by atoms with Crippen LogP contribution in [0.4, 0.5) is 0 Å². The largest absolute Gasteiger partial charge is 0.478 e. The average molecular weight is 292 g/mol. The molecule has 0 amide bonds. The van der Waals surface area contributed by atoms with Gasteiger partial charge in [0.05, 0.1) is 11.1 Å². The first-order valence-corrected chi connectivity index (χ1v) is 7.32. The van der Waals surface area contributed by atoms with Gasteiger partial charge in [-0.1, -0.05) is 20.3 Å². The van der Waals surface area contributed by atoms with Crippen LogP contribution in [0.3, 0.4) is 0 Å². The number of esters is 1. The summed E-state index contributed by atoms with van der Waals surface area (Å²) in [6, 6.07) is 3.19. The molecule has 0 aromatic heterocycles. The number of hydrogen-bond acceptors (Lipinski definition) is 3. The summed E-state index contributed by atoms with van der Waals surface area (Å²) in [6.45, 7) is 9.51. The van der Waals surface area contributed by atoms with E-state index in [-0.39, 0.29) is 11.1 Å². The van der Waals surface area contributed by atoms with E-state index in [0.717, 1.165) is 30.4 Å². The first-order valence-electron chi connectivity index (χ1n) is 7.32. The van der Waals surface area contributed by atoms with Gasteiger partial charge in [-0.15, -0.1) is 0 Å². The zero-order valence-electron chi connectivity index (χ0n) is 13.4. The van der Waals surface area contributed by atoms with E-state index >= 15 is 0 Å². The Kier molecular flexibility index (Phi) is 5.53. The zero-order chi connectivity index (χ0) is 16.2. The van der Waals surface area contributed by atoms with Crippen molar-refractivity contribution in [2.45, 2.75) is 59.5 Å². The van der Waals surface area contributed by atoms with Gasteiger partial charge in [0.15, 0.2) is 0 Å². The highest BCUT2D eigenvalue weighted by molar-refractivity contribution is 6.03. The minimum Gasteiger partial charge on any atom is -0.478 e. The fourth-order valence-electron chi connectivity index (χ4n) is 2.44. The van der Waals surface area contributed by atoms with Crippen LogP contribution in [-0.4, -0.2) is 22.6 Å². The number of rotatable bonds is 6. The number of ether oxygens (including phenoxy) is 1. The predicted molar refractivity (Wildman–Crippen MR) is 81.9 cm³/mol. The van der Waals surface area contributed by atoms with Gasteiger partial charge in [0.1, 0.15) is 5.60 Å². The third kappa shape index (κ3) is 4.31. The first-order chi connectivity index (χ1) is 9.71. The van der Waals surface area contributed by atoms with Crippen LogP contribution in [0.15, 0.2) is 12.1 Å². The SMILES string of the molecule is CCCC(C)(C)OC(=O)c1cc(CC)c(C)cc1C(=O)O. The Morgan fingerprint density at radius 3 is 2.29 bits per heavy atom. The second-order valence-electron chi connectivity index (χ2n) is 5.88. The van der Waals surface area contributed by atoms with Gasteiger partial charge in [-0.3, -0.25) is 0 Å². The van der Waals surface area contributed by atoms with E-state index in [1.165, 1.54) is 0 Å². The van der Waals surface area contributed by atoms with Crippen molar-refractivity contribution in [3.63, 3.8) is 0 Å². The maximum absolute atomic E-state index is 12.4. The van der Waals surface area contributed by atoms with Gasteiger partial charge in [0.2, 0.25) is 0 Å². The lowest BCUT2D eigenvalue weighted by molar-refractivity contribution is -0.00502. The van der Waals surface area contributed by atoms with Crippen LogP contribution in [0.1, 0.15) is 72.4 Å². The van der Waals surface area contributed by atoms with Crippen LogP contribution in [0.2, 0.25) is 0 Å². The highest BCUT2D eigenvalue weighted by atomic mass is 16.6. The summed E-state index contributed by atoms with van der Waals surface area (Å²) in [5.41, 5.74) is 1.37. The topological polar surface area (TPSA) is 63.6 Å². The molecular weight excluding hydrogens is 268 g/mol. The molecule has 0 aliphatic carbocycles. The Morgan fingerprint density at radius 1 is 1.19 bits per heavy atom. The van der Waals surface area contributed by atoms with Gasteiger partial charge >= 0.3 is 11.9 Å². The molecule has 1 aromatic rings. The smallest absolute Gasteiger partial charge is 0.339 e. The number of benzene rings is 1. The molecular formula is C17H24O4. The summed E-state index contributed by atoms with van der Waals surface area (Å²) in [5, 5.41) is 9.30. The fraction of sp³-hybridized carbons (Fsp3) is 0.529. The summed E-state index contributed by atoms with van der Waals surface area (Å²) in [7, 11) is 0. The minimum atomic E-state index is -1.11. The number of aromatic carboxylic acids is 1. The van der Waals surface area contributed by atoms with Crippen molar-refractivity contribution in [1.29, 1.82) is 0 Å². The molecule has 0 atom stereocenters. The molecule has 1 aromatic carbocycles. The lowest BCUT2D eigenvalue weighted by Crippen LogP contribution is -2.28. The van der Waals surface area contributed by atoms with Crippen molar-refractivity contribution >= 4 is 11.9 Å². The van der Waals surface area contributed by atoms with Gasteiger partial charge in [-0.2, -0.15) is 0 Å². The van der Waals surface area contributed by atoms with Crippen molar-refractivity contribution in [1.82, 2.24) is 0 Å². The second-order valence-corrected chi connectivity index (χ2v) is 5.88. The number of carbonyl (C=O) groups excluding carboxylic acids is 1. The minimum absolute atomic E-state index is 0.00185. The van der Waals surface area contributed by atoms with Crippen LogP contribution in [-0.2, 0) is 11.2 Å². The molecule has 1 N–H and O–H groups in total. The molecule has 0 unspecified atom stereocenters. The van der Waals surface area contributed by atoms with Crippen molar-refractivity contribution in [3.8, 4) is 0 Å². The van der Waals surface area contributed by atoms with Crippen LogP contribution in [0, 0.1) is 6.92 Å². The standard InChI is InChI=1S/C17H24O4/c1-6-8-17(4,5)21-16(20)14-10-12(7-2)11(3)9-13(14)15(18)19/h9-10H,6-8H2,1-5H3,(H,18,19). The van der Waals surface area contributed by atoms with Gasteiger partial charge in [-0.25, -0.2) is 9.59 Å². The fourth-order valence-corrected chi connectivity index (χ4v) is 2.44. The Bertz CT molecular complexity index is 544. The number of carbonyl (C=O) groups is 2. The lowest BCUT2D eigenvalue weighted by atomic mass is 9.97. The summed E-state index contributed by atoms with van der Waals surface area (Å²) >= 11 is 0. The highest BCUT2D eigenvalue weighted by Gasteiger charge is 2.26. The van der Waals surface area contributed by atoms with Gasteiger partial charge in [0.25, 0.3) is 0 Å². The monoisotopic (exact) mass is 292 g/mol. The molecule has 4 heteroatoms. The molecule has 0 bridgehead atoms. The molecule has 0 saturated carbocycles. The van der Waals surface area contributed by atoms with Crippen molar-refractivity contribution in [3.05, 3.63) is 34.4 Å². The lowest BCUT2D eigenvalue weighted by Gasteiger charge is -2.25. The Balaban J connectivity index is 3.21. The van der Waals surface area contributed by atoms with Crippen molar-refractivity contribution < 1.29 is 19.4 Å². The molecule has 21 heavy (non-hydrogen) atoms. The average Bonchev–Trinajstić information content (AvgIpc) is 2.37. The molecule has 0 spiro atoms. The van der Waals surface area contributed by atoms with Crippen LogP contribution >= 0.6 is 0 Å². The Labute approximate surface area is 126 Å². The third-order valence-electron chi connectivity index (χ3n) is 3.53. The van der Waals surface area contributed by atoms with Crippen LogP contribution in [0.5, 0.6) is 0 Å².